The molecule has 0 radical (unpaired) electrons. The van der Waals surface area contributed by atoms with Crippen LogP contribution in [0.2, 0.25) is 0 Å². The van der Waals surface area contributed by atoms with Crippen molar-refractivity contribution in [1.82, 2.24) is 4.90 Å². The highest BCUT2D eigenvalue weighted by Gasteiger charge is 2.04. The third-order valence-electron chi connectivity index (χ3n) is 2.75. The average Bonchev–Trinajstić information content (AvgIpc) is 2.59. The molecule has 0 amide bonds. The summed E-state index contributed by atoms with van der Waals surface area (Å²) >= 11 is 0. The Hall–Kier alpha value is -2.64. The summed E-state index contributed by atoms with van der Waals surface area (Å²) in [6.45, 7) is 11.9. The number of para-hydroxylation sites is 1. The maximum atomic E-state index is 9.10. The summed E-state index contributed by atoms with van der Waals surface area (Å²) < 4.78 is 11.1. The highest BCUT2D eigenvalue weighted by Crippen LogP contribution is 2.07. The van der Waals surface area contributed by atoms with Crippen LogP contribution in [0.25, 0.3) is 0 Å². The molecule has 0 aromatic heterocycles. The second-order valence-electron chi connectivity index (χ2n) is 4.72. The van der Waals surface area contributed by atoms with E-state index in [1.807, 2.05) is 42.5 Å². The molecule has 25 heavy (non-hydrogen) atoms. The van der Waals surface area contributed by atoms with E-state index >= 15 is 0 Å². The molecule has 0 unspecified atom stereocenters. The van der Waals surface area contributed by atoms with Crippen molar-refractivity contribution in [3.8, 4) is 5.75 Å². The van der Waals surface area contributed by atoms with Crippen molar-refractivity contribution < 1.29 is 29.3 Å². The first-order valence-electron chi connectivity index (χ1n) is 7.67. The SMILES string of the molecule is C=CCN(CC=C)CCOCCOc1ccccc1.O=C(O)C(=O)O. The Balaban J connectivity index is 0.000000823. The van der Waals surface area contributed by atoms with Gasteiger partial charge in [-0.05, 0) is 12.1 Å². The summed E-state index contributed by atoms with van der Waals surface area (Å²) in [4.78, 5) is 20.4. The van der Waals surface area contributed by atoms with Crippen LogP contribution in [0.3, 0.4) is 0 Å². The van der Waals surface area contributed by atoms with Gasteiger partial charge in [0.25, 0.3) is 0 Å². The van der Waals surface area contributed by atoms with Crippen molar-refractivity contribution in [1.29, 1.82) is 0 Å². The van der Waals surface area contributed by atoms with Crippen molar-refractivity contribution in [3.05, 3.63) is 55.6 Å². The molecule has 1 aromatic rings. The van der Waals surface area contributed by atoms with Crippen LogP contribution in [0.5, 0.6) is 5.75 Å². The predicted octanol–water partition coefficient (Wildman–Crippen LogP) is 1.91. The standard InChI is InChI=1S/C16H23NO2.C2H2O4/c1-3-10-17(11-4-2)12-13-18-14-15-19-16-8-6-5-7-9-16;3-1(4)2(5)6/h3-9H,1-2,10-15H2;(H,3,4)(H,5,6). The van der Waals surface area contributed by atoms with Crippen LogP contribution in [0.15, 0.2) is 55.6 Å². The van der Waals surface area contributed by atoms with Crippen LogP contribution in [-0.2, 0) is 14.3 Å². The predicted molar refractivity (Wildman–Crippen MR) is 94.9 cm³/mol. The molecule has 2 N–H and O–H groups in total. The van der Waals surface area contributed by atoms with Crippen LogP contribution >= 0.6 is 0 Å². The van der Waals surface area contributed by atoms with E-state index in [2.05, 4.69) is 18.1 Å². The number of nitrogens with zero attached hydrogens (tertiary/aromatic N) is 1. The number of aliphatic carboxylic acids is 2. The minimum absolute atomic E-state index is 0.576. The molecule has 0 spiro atoms. The number of hydrogen-bond acceptors (Lipinski definition) is 5. The molecule has 0 aliphatic carbocycles. The van der Waals surface area contributed by atoms with E-state index in [1.165, 1.54) is 0 Å². The molecule has 0 bridgehead atoms. The van der Waals surface area contributed by atoms with Crippen LogP contribution in [0, 0.1) is 0 Å². The Bertz CT molecular complexity index is 496. The molecular formula is C18H25NO6. The lowest BCUT2D eigenvalue weighted by Gasteiger charge is -2.18. The molecule has 0 fully saturated rings. The second-order valence-corrected chi connectivity index (χ2v) is 4.72. The lowest BCUT2D eigenvalue weighted by atomic mass is 10.3. The lowest BCUT2D eigenvalue weighted by Crippen LogP contribution is -2.28. The highest BCUT2D eigenvalue weighted by molar-refractivity contribution is 6.27. The van der Waals surface area contributed by atoms with E-state index in [-0.39, 0.29) is 0 Å². The van der Waals surface area contributed by atoms with Crippen molar-refractivity contribution in [2.45, 2.75) is 0 Å². The van der Waals surface area contributed by atoms with Gasteiger partial charge >= 0.3 is 11.9 Å². The topological polar surface area (TPSA) is 96.3 Å². The van der Waals surface area contributed by atoms with Gasteiger partial charge in [0.05, 0.1) is 13.2 Å². The van der Waals surface area contributed by atoms with Gasteiger partial charge in [0.1, 0.15) is 12.4 Å². The van der Waals surface area contributed by atoms with Crippen LogP contribution in [0.1, 0.15) is 0 Å². The van der Waals surface area contributed by atoms with Gasteiger partial charge in [-0.25, -0.2) is 9.59 Å². The van der Waals surface area contributed by atoms with E-state index in [1.54, 1.807) is 0 Å². The normalized spacial score (nSPS) is 9.64. The van der Waals surface area contributed by atoms with E-state index in [4.69, 9.17) is 29.3 Å². The third kappa shape index (κ3) is 13.5. The molecule has 0 atom stereocenters. The third-order valence-corrected chi connectivity index (χ3v) is 2.75. The Morgan fingerprint density at radius 2 is 1.52 bits per heavy atom. The van der Waals surface area contributed by atoms with Gasteiger partial charge in [-0.15, -0.1) is 13.2 Å². The summed E-state index contributed by atoms with van der Waals surface area (Å²) in [6.07, 6.45) is 3.78. The molecule has 1 aromatic carbocycles. The minimum Gasteiger partial charge on any atom is -0.491 e. The second kappa shape index (κ2) is 14.9. The van der Waals surface area contributed by atoms with Gasteiger partial charge in [-0.1, -0.05) is 30.4 Å². The zero-order chi connectivity index (χ0) is 18.9. The quantitative estimate of drug-likeness (QED) is 0.357. The number of carboxylic acid groups (broad SMARTS) is 2. The van der Waals surface area contributed by atoms with E-state index in [0.717, 1.165) is 25.4 Å². The van der Waals surface area contributed by atoms with Crippen LogP contribution < -0.4 is 4.74 Å². The molecule has 0 saturated carbocycles. The molecule has 7 heteroatoms. The number of ether oxygens (including phenoxy) is 2. The van der Waals surface area contributed by atoms with Gasteiger partial charge < -0.3 is 19.7 Å². The lowest BCUT2D eigenvalue weighted by molar-refractivity contribution is -0.159. The Kier molecular flexibility index (Phi) is 13.3. The summed E-state index contributed by atoms with van der Waals surface area (Å²) in [5.41, 5.74) is 0. The average molecular weight is 351 g/mol. The van der Waals surface area contributed by atoms with Gasteiger partial charge in [-0.3, -0.25) is 4.90 Å². The summed E-state index contributed by atoms with van der Waals surface area (Å²) in [5, 5.41) is 14.8. The number of hydrogen-bond donors (Lipinski definition) is 2. The molecule has 1 rings (SSSR count). The molecule has 7 nitrogen and oxygen atoms in total. The molecule has 0 aliphatic rings. The zero-order valence-corrected chi connectivity index (χ0v) is 14.2. The van der Waals surface area contributed by atoms with Crippen molar-refractivity contribution in [3.63, 3.8) is 0 Å². The first-order chi connectivity index (χ1) is 12.0. The zero-order valence-electron chi connectivity index (χ0n) is 14.2. The fourth-order valence-corrected chi connectivity index (χ4v) is 1.65. The Morgan fingerprint density at radius 1 is 0.960 bits per heavy atom. The van der Waals surface area contributed by atoms with Gasteiger partial charge in [0, 0.05) is 19.6 Å². The van der Waals surface area contributed by atoms with Crippen LogP contribution in [0.4, 0.5) is 0 Å². The Labute approximate surface area is 147 Å². The van der Waals surface area contributed by atoms with Gasteiger partial charge in [0.15, 0.2) is 0 Å². The smallest absolute Gasteiger partial charge is 0.414 e. The first kappa shape index (κ1) is 22.4. The maximum Gasteiger partial charge on any atom is 0.414 e. The van der Waals surface area contributed by atoms with E-state index < -0.39 is 11.9 Å². The van der Waals surface area contributed by atoms with Crippen molar-refractivity contribution in [2.24, 2.45) is 0 Å². The molecule has 0 aliphatic heterocycles. The van der Waals surface area contributed by atoms with E-state index in [0.29, 0.717) is 19.8 Å². The molecule has 0 saturated heterocycles. The maximum absolute atomic E-state index is 9.10. The highest BCUT2D eigenvalue weighted by atomic mass is 16.5. The van der Waals surface area contributed by atoms with E-state index in [9.17, 15) is 0 Å². The number of rotatable bonds is 11. The minimum atomic E-state index is -1.82. The van der Waals surface area contributed by atoms with Gasteiger partial charge in [0.2, 0.25) is 0 Å². The molecule has 138 valence electrons. The summed E-state index contributed by atoms with van der Waals surface area (Å²) in [5.74, 6) is -2.77. The Morgan fingerprint density at radius 3 is 2.00 bits per heavy atom. The number of benzene rings is 1. The molecular weight excluding hydrogens is 326 g/mol. The van der Waals surface area contributed by atoms with Crippen LogP contribution in [-0.4, -0.2) is 66.5 Å². The molecule has 0 heterocycles. The monoisotopic (exact) mass is 351 g/mol. The largest absolute Gasteiger partial charge is 0.491 e. The summed E-state index contributed by atoms with van der Waals surface area (Å²) in [7, 11) is 0. The van der Waals surface area contributed by atoms with Gasteiger partial charge in [-0.2, -0.15) is 0 Å². The fourth-order valence-electron chi connectivity index (χ4n) is 1.65. The fraction of sp³-hybridized carbons (Fsp3) is 0.333. The summed E-state index contributed by atoms with van der Waals surface area (Å²) in [6, 6.07) is 9.76. The number of carbonyl (C=O) groups is 2. The number of carboxylic acids is 2. The van der Waals surface area contributed by atoms with Crippen molar-refractivity contribution in [2.75, 3.05) is 39.5 Å². The van der Waals surface area contributed by atoms with Crippen molar-refractivity contribution >= 4 is 11.9 Å². The first-order valence-corrected chi connectivity index (χ1v) is 7.67.